The Labute approximate surface area is 224 Å². The molecule has 2 bridgehead atoms. The van der Waals surface area contributed by atoms with Crippen LogP contribution in [0, 0.1) is 5.82 Å². The summed E-state index contributed by atoms with van der Waals surface area (Å²) in [5, 5.41) is -0.0844. The molecule has 0 N–H and O–H groups in total. The highest BCUT2D eigenvalue weighted by molar-refractivity contribution is 9.10. The number of ether oxygens (including phenoxy) is 1. The normalized spacial score (nSPS) is 26.0. The predicted octanol–water partition coefficient (Wildman–Crippen LogP) is 6.82. The summed E-state index contributed by atoms with van der Waals surface area (Å²) in [7, 11) is 0. The minimum Gasteiger partial charge on any atom is -0.444 e. The molecule has 4 rings (SSSR count). The second-order valence-corrected chi connectivity index (χ2v) is 12.3. The lowest BCUT2D eigenvalue weighted by atomic mass is 9.93. The summed E-state index contributed by atoms with van der Waals surface area (Å²) >= 11 is 10.5. The molecule has 1 amide bonds. The summed E-state index contributed by atoms with van der Waals surface area (Å²) in [5.74, 6) is -5.15. The van der Waals surface area contributed by atoms with Gasteiger partial charge < -0.3 is 9.64 Å². The quantitative estimate of drug-likeness (QED) is 0.124. The van der Waals surface area contributed by atoms with E-state index in [1.54, 1.807) is 27.7 Å². The minimum atomic E-state index is -2.50. The molecule has 2 aliphatic rings. The highest BCUT2D eigenvalue weighted by Gasteiger charge is 2.69. The van der Waals surface area contributed by atoms with Gasteiger partial charge >= 0.3 is 6.09 Å². The zero-order chi connectivity index (χ0) is 26.8. The average molecular weight is 609 g/mol. The Morgan fingerprint density at radius 3 is 2.56 bits per heavy atom. The van der Waals surface area contributed by atoms with Crippen LogP contribution in [0.25, 0.3) is 10.9 Å². The first-order valence-electron chi connectivity index (χ1n) is 11.3. The molecule has 36 heavy (non-hydrogen) atoms. The van der Waals surface area contributed by atoms with Gasteiger partial charge in [0, 0.05) is 12.8 Å². The van der Waals surface area contributed by atoms with Crippen LogP contribution >= 0.6 is 39.3 Å². The zero-order valence-corrected chi connectivity index (χ0v) is 23.6. The zero-order valence-electron chi connectivity index (χ0n) is 20.5. The standard InChI is InChI=1S/C23H26BrClF3N5O2S/c1-7-36-19-29-14-12(16(24)30-17(25)13(14)26)18(31-19)32-10-22(27)8-9-23(28,15(32)11(2)3)33(22)20(34)35-21(4,5)6/h15H,2,7-10H2,1,3-6H3/t15-,22+,23-/m0/s1. The smallest absolute Gasteiger partial charge is 0.415 e. The van der Waals surface area contributed by atoms with Crippen LogP contribution < -0.4 is 4.90 Å². The van der Waals surface area contributed by atoms with Crippen molar-refractivity contribution in [2.45, 2.75) is 75.8 Å². The summed E-state index contributed by atoms with van der Waals surface area (Å²) in [6, 6.07) is -1.21. The molecule has 196 valence electrons. The Hall–Kier alpha value is -1.79. The molecule has 13 heteroatoms. The first-order chi connectivity index (χ1) is 16.6. The van der Waals surface area contributed by atoms with Gasteiger partial charge in [-0.3, -0.25) is 0 Å². The third kappa shape index (κ3) is 4.42. The minimum absolute atomic E-state index is 0.0636. The van der Waals surface area contributed by atoms with Crippen molar-refractivity contribution in [2.24, 2.45) is 0 Å². The highest BCUT2D eigenvalue weighted by Crippen LogP contribution is 2.54. The summed E-state index contributed by atoms with van der Waals surface area (Å²) < 4.78 is 54.0. The average Bonchev–Trinajstić information content (AvgIpc) is 2.93. The Balaban J connectivity index is 1.95. The monoisotopic (exact) mass is 607 g/mol. The van der Waals surface area contributed by atoms with Gasteiger partial charge in [-0.2, -0.15) is 0 Å². The number of pyridine rings is 1. The number of amides is 1. The number of rotatable bonds is 4. The molecule has 4 heterocycles. The summed E-state index contributed by atoms with van der Waals surface area (Å²) in [5.41, 5.74) is -0.766. The van der Waals surface area contributed by atoms with E-state index in [-0.39, 0.29) is 39.3 Å². The first kappa shape index (κ1) is 27.3. The van der Waals surface area contributed by atoms with Crippen LogP contribution in [-0.2, 0) is 4.74 Å². The van der Waals surface area contributed by atoms with Crippen molar-refractivity contribution < 1.29 is 22.7 Å². The molecule has 0 spiro atoms. The number of halogens is 5. The molecule has 2 aromatic rings. The largest absolute Gasteiger partial charge is 0.444 e. The van der Waals surface area contributed by atoms with E-state index >= 15 is 13.2 Å². The molecule has 3 atom stereocenters. The van der Waals surface area contributed by atoms with Crippen LogP contribution in [0.3, 0.4) is 0 Å². The van der Waals surface area contributed by atoms with Crippen molar-refractivity contribution in [3.8, 4) is 0 Å². The molecule has 2 fully saturated rings. The van der Waals surface area contributed by atoms with Crippen molar-refractivity contribution in [3.05, 3.63) is 27.7 Å². The maximum Gasteiger partial charge on any atom is 0.415 e. The Morgan fingerprint density at radius 1 is 1.31 bits per heavy atom. The van der Waals surface area contributed by atoms with Crippen LogP contribution in [0.5, 0.6) is 0 Å². The summed E-state index contributed by atoms with van der Waals surface area (Å²) in [4.78, 5) is 27.8. The lowest BCUT2D eigenvalue weighted by Gasteiger charge is -2.52. The first-order valence-corrected chi connectivity index (χ1v) is 13.5. The highest BCUT2D eigenvalue weighted by atomic mass is 79.9. The number of piperazine rings is 1. The van der Waals surface area contributed by atoms with E-state index in [2.05, 4.69) is 37.5 Å². The lowest BCUT2D eigenvalue weighted by Crippen LogP contribution is -2.71. The van der Waals surface area contributed by atoms with E-state index in [0.717, 1.165) is 0 Å². The van der Waals surface area contributed by atoms with E-state index in [4.69, 9.17) is 16.3 Å². The SMILES string of the molecule is C=C(C)[C@@H]1N(c2nc(SCC)nc3c(F)c(Cl)nc(Br)c23)C[C@@]2(F)CC[C@]1(F)N2C(=O)OC(C)(C)C. The van der Waals surface area contributed by atoms with E-state index in [1.165, 1.54) is 16.7 Å². The van der Waals surface area contributed by atoms with Gasteiger partial charge in [0.2, 0.25) is 11.6 Å². The molecule has 0 saturated carbocycles. The van der Waals surface area contributed by atoms with Crippen LogP contribution in [-0.4, -0.2) is 61.5 Å². The van der Waals surface area contributed by atoms with Gasteiger partial charge in [-0.25, -0.2) is 37.8 Å². The summed E-state index contributed by atoms with van der Waals surface area (Å²) in [6.45, 7) is 11.8. The number of alkyl halides is 2. The number of carbonyl (C=O) groups is 1. The third-order valence-corrected chi connectivity index (χ3v) is 7.58. The Kier molecular flexibility index (Phi) is 6.96. The number of hydrogen-bond acceptors (Lipinski definition) is 7. The van der Waals surface area contributed by atoms with E-state index in [0.29, 0.717) is 16.2 Å². The van der Waals surface area contributed by atoms with Gasteiger partial charge in [-0.1, -0.05) is 42.4 Å². The van der Waals surface area contributed by atoms with Crippen LogP contribution in [0.1, 0.15) is 47.5 Å². The van der Waals surface area contributed by atoms with E-state index in [1.807, 2.05) is 6.92 Å². The van der Waals surface area contributed by atoms with Gasteiger partial charge in [0.1, 0.15) is 27.6 Å². The molecule has 7 nitrogen and oxygen atoms in total. The molecule has 0 radical (unpaired) electrons. The molecule has 0 aliphatic carbocycles. The van der Waals surface area contributed by atoms with Gasteiger partial charge in [0.15, 0.2) is 16.1 Å². The number of carbonyl (C=O) groups excluding carboxylic acids is 1. The number of hydrogen-bond donors (Lipinski definition) is 0. The second kappa shape index (κ2) is 9.20. The van der Waals surface area contributed by atoms with Crippen molar-refractivity contribution in [1.82, 2.24) is 19.9 Å². The van der Waals surface area contributed by atoms with Crippen LogP contribution in [0.2, 0.25) is 5.15 Å². The fourth-order valence-corrected chi connectivity index (χ4v) is 6.24. The molecule has 2 aliphatic heterocycles. The predicted molar refractivity (Wildman–Crippen MR) is 137 cm³/mol. The topological polar surface area (TPSA) is 71.5 Å². The van der Waals surface area contributed by atoms with Gasteiger partial charge in [0.05, 0.1) is 11.9 Å². The lowest BCUT2D eigenvalue weighted by molar-refractivity contribution is -0.127. The van der Waals surface area contributed by atoms with Crippen LogP contribution in [0.4, 0.5) is 23.8 Å². The molecule has 2 saturated heterocycles. The number of nitrogens with zero attached hydrogens (tertiary/aromatic N) is 5. The molecular formula is C23H26BrClF3N5O2S. The molecule has 0 unspecified atom stereocenters. The van der Waals surface area contributed by atoms with Crippen molar-refractivity contribution in [1.29, 1.82) is 0 Å². The maximum atomic E-state index is 16.9. The van der Waals surface area contributed by atoms with Crippen molar-refractivity contribution in [2.75, 3.05) is 17.2 Å². The van der Waals surface area contributed by atoms with Gasteiger partial charge in [-0.05, 0) is 49.4 Å². The molecular weight excluding hydrogens is 583 g/mol. The number of thioether (sulfide) groups is 1. The Morgan fingerprint density at radius 2 is 1.97 bits per heavy atom. The molecule has 2 aromatic heterocycles. The fourth-order valence-electron chi connectivity index (χ4n) is 4.86. The third-order valence-electron chi connectivity index (χ3n) is 6.02. The van der Waals surface area contributed by atoms with E-state index < -0.39 is 46.8 Å². The number of aromatic nitrogens is 3. The molecule has 0 aromatic carbocycles. The van der Waals surface area contributed by atoms with Gasteiger partial charge in [0.25, 0.3) is 0 Å². The maximum absolute atomic E-state index is 16.9. The fraction of sp³-hybridized carbons (Fsp3) is 0.565. The van der Waals surface area contributed by atoms with Gasteiger partial charge in [-0.15, -0.1) is 0 Å². The number of anilines is 1. The number of fused-ring (bicyclic) bond motifs is 3. The Bertz CT molecular complexity index is 1260. The summed E-state index contributed by atoms with van der Waals surface area (Å²) in [6.07, 6.45) is -1.63. The second-order valence-electron chi connectivity index (χ2n) is 9.92. The van der Waals surface area contributed by atoms with E-state index in [9.17, 15) is 4.79 Å². The van der Waals surface area contributed by atoms with Crippen molar-refractivity contribution in [3.63, 3.8) is 0 Å². The van der Waals surface area contributed by atoms with Crippen molar-refractivity contribution >= 4 is 62.1 Å². The van der Waals surface area contributed by atoms with Crippen LogP contribution in [0.15, 0.2) is 21.9 Å².